The molecule has 3 saturated carbocycles. The van der Waals surface area contributed by atoms with Gasteiger partial charge in [0.05, 0.1) is 17.8 Å². The zero-order valence-electron chi connectivity index (χ0n) is 20.6. The maximum atomic E-state index is 10.2. The molecule has 2 unspecified atom stereocenters. The molecule has 3 heteroatoms. The Kier molecular flexibility index (Phi) is 7.61. The van der Waals surface area contributed by atoms with Crippen molar-refractivity contribution in [1.29, 1.82) is 0 Å². The zero-order valence-corrected chi connectivity index (χ0v) is 20.6. The Morgan fingerprint density at radius 2 is 2.00 bits per heavy atom. The smallest absolute Gasteiger partial charge is 0.0811 e. The van der Waals surface area contributed by atoms with Crippen LogP contribution in [0.1, 0.15) is 98.8 Å². The Balaban J connectivity index is 1.77. The third-order valence-electron chi connectivity index (χ3n) is 8.79. The van der Waals surface area contributed by atoms with Crippen LogP contribution in [0.4, 0.5) is 0 Å². The first kappa shape index (κ1) is 24.7. The molecule has 6 atom stereocenters. The van der Waals surface area contributed by atoms with Crippen LogP contribution in [-0.2, 0) is 0 Å². The lowest BCUT2D eigenvalue weighted by Crippen LogP contribution is -2.36. The van der Waals surface area contributed by atoms with Gasteiger partial charge in [0, 0.05) is 6.42 Å². The van der Waals surface area contributed by atoms with E-state index in [9.17, 15) is 15.3 Å². The molecule has 31 heavy (non-hydrogen) atoms. The normalized spacial score (nSPS) is 38.3. The molecule has 3 nitrogen and oxygen atoms in total. The number of aliphatic hydroxyl groups excluding tert-OH is 2. The van der Waals surface area contributed by atoms with E-state index in [0.717, 1.165) is 29.9 Å². The molecular weight excluding hydrogens is 384 g/mol. The van der Waals surface area contributed by atoms with Gasteiger partial charge in [-0.1, -0.05) is 50.5 Å². The molecule has 0 spiro atoms. The molecule has 3 rings (SSSR count). The molecule has 0 aliphatic heterocycles. The van der Waals surface area contributed by atoms with E-state index in [4.69, 9.17) is 0 Å². The highest BCUT2D eigenvalue weighted by Gasteiger charge is 2.50. The maximum absolute atomic E-state index is 10.2. The highest BCUT2D eigenvalue weighted by atomic mass is 16.3. The summed E-state index contributed by atoms with van der Waals surface area (Å²) in [5, 5.41) is 30.4. The van der Waals surface area contributed by atoms with Crippen LogP contribution in [0.5, 0.6) is 0 Å². The van der Waals surface area contributed by atoms with Crippen molar-refractivity contribution in [3.8, 4) is 0 Å². The number of fused-ring (bicyclic) bond motifs is 1. The topological polar surface area (TPSA) is 60.7 Å². The highest BCUT2D eigenvalue weighted by Crippen LogP contribution is 2.60. The summed E-state index contributed by atoms with van der Waals surface area (Å²) < 4.78 is 0. The second-order valence-electron chi connectivity index (χ2n) is 11.8. The van der Waals surface area contributed by atoms with E-state index in [0.29, 0.717) is 30.1 Å². The summed E-state index contributed by atoms with van der Waals surface area (Å²) in [5.74, 6) is 2.09. The second kappa shape index (κ2) is 9.53. The molecule has 0 saturated heterocycles. The molecule has 0 radical (unpaired) electrons. The minimum Gasteiger partial charge on any atom is -0.393 e. The van der Waals surface area contributed by atoms with Crippen molar-refractivity contribution in [1.82, 2.24) is 0 Å². The van der Waals surface area contributed by atoms with Crippen LogP contribution in [0.2, 0.25) is 0 Å². The first-order chi connectivity index (χ1) is 14.4. The van der Waals surface area contributed by atoms with Gasteiger partial charge < -0.3 is 15.3 Å². The highest BCUT2D eigenvalue weighted by molar-refractivity contribution is 5.42. The number of hydrogen-bond acceptors (Lipinski definition) is 3. The average molecular weight is 431 g/mol. The van der Waals surface area contributed by atoms with Crippen molar-refractivity contribution in [2.45, 2.75) is 117 Å². The van der Waals surface area contributed by atoms with Gasteiger partial charge in [-0.25, -0.2) is 0 Å². The third-order valence-corrected chi connectivity index (χ3v) is 8.79. The Morgan fingerprint density at radius 1 is 1.29 bits per heavy atom. The quantitative estimate of drug-likeness (QED) is 0.477. The van der Waals surface area contributed by atoms with E-state index in [-0.39, 0.29) is 0 Å². The first-order valence-corrected chi connectivity index (χ1v) is 12.6. The van der Waals surface area contributed by atoms with Crippen molar-refractivity contribution in [3.05, 3.63) is 34.9 Å². The lowest BCUT2D eigenvalue weighted by Gasteiger charge is -2.45. The van der Waals surface area contributed by atoms with Gasteiger partial charge in [-0.15, -0.1) is 0 Å². The molecule has 0 aromatic carbocycles. The molecule has 3 aliphatic rings. The Hall–Kier alpha value is -0.900. The summed E-state index contributed by atoms with van der Waals surface area (Å²) in [6, 6.07) is 0. The summed E-state index contributed by atoms with van der Waals surface area (Å²) in [4.78, 5) is 0. The van der Waals surface area contributed by atoms with Gasteiger partial charge in [-0.05, 0) is 100 Å². The minimum absolute atomic E-state index is 0.365. The summed E-state index contributed by atoms with van der Waals surface area (Å²) in [7, 11) is 0. The zero-order chi connectivity index (χ0) is 23.0. The van der Waals surface area contributed by atoms with E-state index in [1.165, 1.54) is 44.1 Å². The Labute approximate surface area is 190 Å². The van der Waals surface area contributed by atoms with E-state index in [1.807, 2.05) is 13.8 Å². The fourth-order valence-electron chi connectivity index (χ4n) is 7.08. The molecule has 3 fully saturated rings. The van der Waals surface area contributed by atoms with Crippen LogP contribution >= 0.6 is 0 Å². The van der Waals surface area contributed by atoms with Gasteiger partial charge >= 0.3 is 0 Å². The van der Waals surface area contributed by atoms with E-state index in [1.54, 1.807) is 5.57 Å². The monoisotopic (exact) mass is 430 g/mol. The lowest BCUT2D eigenvalue weighted by atomic mass is 9.60. The average Bonchev–Trinajstić information content (AvgIpc) is 3.01. The predicted octanol–water partition coefficient (Wildman–Crippen LogP) is 6.09. The molecule has 0 aromatic rings. The van der Waals surface area contributed by atoms with Crippen LogP contribution in [0.3, 0.4) is 0 Å². The first-order valence-electron chi connectivity index (χ1n) is 12.6. The van der Waals surface area contributed by atoms with Crippen molar-refractivity contribution >= 4 is 0 Å². The fourth-order valence-corrected chi connectivity index (χ4v) is 7.08. The number of hydrogen-bond donors (Lipinski definition) is 3. The van der Waals surface area contributed by atoms with Crippen LogP contribution in [0.15, 0.2) is 34.9 Å². The maximum Gasteiger partial charge on any atom is 0.0811 e. The van der Waals surface area contributed by atoms with E-state index in [2.05, 4.69) is 33.4 Å². The summed E-state index contributed by atoms with van der Waals surface area (Å²) >= 11 is 0. The SMILES string of the molecule is C=C1/C(=C\C(C)=C2\CCC[C@@]3(C)C2CCC3[C@@H](C)CCCC(C)(C)O)C[C@@H](O)C[C@@H]1O. The molecule has 176 valence electrons. The van der Waals surface area contributed by atoms with Crippen LogP contribution < -0.4 is 0 Å². The van der Waals surface area contributed by atoms with E-state index >= 15 is 0 Å². The second-order valence-corrected chi connectivity index (χ2v) is 11.8. The largest absolute Gasteiger partial charge is 0.393 e. The van der Waals surface area contributed by atoms with Crippen molar-refractivity contribution in [2.75, 3.05) is 0 Å². The van der Waals surface area contributed by atoms with Crippen molar-refractivity contribution < 1.29 is 15.3 Å². The summed E-state index contributed by atoms with van der Waals surface area (Å²) in [6.45, 7) is 15.1. The number of rotatable bonds is 6. The lowest BCUT2D eigenvalue weighted by molar-refractivity contribution is 0.0595. The molecule has 3 aliphatic carbocycles. The van der Waals surface area contributed by atoms with Crippen molar-refractivity contribution in [2.24, 2.45) is 23.2 Å². The van der Waals surface area contributed by atoms with Gasteiger partial charge in [0.2, 0.25) is 0 Å². The molecular formula is C28H46O3. The van der Waals surface area contributed by atoms with Crippen molar-refractivity contribution in [3.63, 3.8) is 0 Å². The molecule has 0 amide bonds. The van der Waals surface area contributed by atoms with Gasteiger partial charge in [0.15, 0.2) is 0 Å². The van der Waals surface area contributed by atoms with Gasteiger partial charge in [-0.2, -0.15) is 0 Å². The fraction of sp³-hybridized carbons (Fsp3) is 0.786. The standard InChI is InChI=1S/C28H46O3/c1-18(9-7-13-27(4,5)31)24-11-12-25-23(10-8-14-28(24,25)6)19(2)15-21-16-22(29)17-26(30)20(21)3/h15,18,22,24-26,29-31H,3,7-14,16-17H2,1-2,4-6H3/b21-15-,23-19-/t18-,22+,24?,25?,26-,28+/m0/s1. The van der Waals surface area contributed by atoms with Crippen LogP contribution in [0, 0.1) is 23.2 Å². The summed E-state index contributed by atoms with van der Waals surface area (Å²) in [5.41, 5.74) is 4.56. The molecule has 3 N–H and O–H groups in total. The Morgan fingerprint density at radius 3 is 2.68 bits per heavy atom. The minimum atomic E-state index is -0.620. The molecule has 0 bridgehead atoms. The van der Waals surface area contributed by atoms with Gasteiger partial charge in [0.1, 0.15) is 0 Å². The number of allylic oxidation sites excluding steroid dienone is 3. The van der Waals surface area contributed by atoms with Crippen LogP contribution in [-0.4, -0.2) is 33.1 Å². The predicted molar refractivity (Wildman–Crippen MR) is 129 cm³/mol. The molecule has 0 aromatic heterocycles. The number of aliphatic hydroxyl groups is 3. The van der Waals surface area contributed by atoms with Gasteiger partial charge in [0.25, 0.3) is 0 Å². The van der Waals surface area contributed by atoms with Gasteiger partial charge in [-0.3, -0.25) is 0 Å². The summed E-state index contributed by atoms with van der Waals surface area (Å²) in [6.07, 6.45) is 11.6. The Bertz CT molecular complexity index is 725. The molecule has 0 heterocycles. The third kappa shape index (κ3) is 5.54. The van der Waals surface area contributed by atoms with Crippen LogP contribution in [0.25, 0.3) is 0 Å². The van der Waals surface area contributed by atoms with E-state index < -0.39 is 17.8 Å².